The number of fused-ring (bicyclic) bond motifs is 2. The van der Waals surface area contributed by atoms with Gasteiger partial charge in [0.25, 0.3) is 40.5 Å². The molecule has 0 spiro atoms. The van der Waals surface area contributed by atoms with Crippen LogP contribution in [0, 0.1) is 27.7 Å². The Morgan fingerprint density at radius 3 is 1.55 bits per heavy atom. The molecule has 1 aliphatic carbocycles. The topological polar surface area (TPSA) is 358 Å². The molecule has 0 amide bonds. The highest BCUT2D eigenvalue weighted by Gasteiger charge is 2.29. The smallest absolute Gasteiger partial charge is 0.296 e. The summed E-state index contributed by atoms with van der Waals surface area (Å²) in [7, 11) is -16.9. The molecule has 0 fully saturated rings. The van der Waals surface area contributed by atoms with Crippen LogP contribution in [0.15, 0.2) is 145 Å². The Morgan fingerprint density at radius 1 is 0.535 bits per heavy atom. The molecule has 6 aromatic carbocycles. The summed E-state index contributed by atoms with van der Waals surface area (Å²) in [5.74, 6) is -0.446. The molecule has 0 aliphatic heterocycles. The number of nitrogens with zero attached hydrogens (tertiary/aromatic N) is 8. The molecule has 6 N–H and O–H groups in total. The minimum atomic E-state index is -5.04. The van der Waals surface area contributed by atoms with E-state index < -0.39 is 71.5 Å². The normalized spacial score (nSPS) is 14.7. The van der Waals surface area contributed by atoms with Crippen molar-refractivity contribution in [3.05, 3.63) is 118 Å². The second-order valence-corrected chi connectivity index (χ2v) is 21.2. The molecular formula is C44H39N9O14S4. The van der Waals surface area contributed by atoms with E-state index >= 15 is 0 Å². The van der Waals surface area contributed by atoms with Gasteiger partial charge in [0, 0.05) is 29.6 Å². The van der Waals surface area contributed by atoms with Gasteiger partial charge < -0.3 is 9.84 Å². The predicted molar refractivity (Wildman–Crippen MR) is 261 cm³/mol. The van der Waals surface area contributed by atoms with E-state index in [1.807, 2.05) is 0 Å². The summed E-state index contributed by atoms with van der Waals surface area (Å²) >= 11 is 0. The average Bonchev–Trinajstić information content (AvgIpc) is 3.29. The lowest BCUT2D eigenvalue weighted by atomic mass is 9.94. The molecular weight excluding hydrogens is 1010 g/mol. The van der Waals surface area contributed by atoms with Crippen molar-refractivity contribution in [2.75, 3.05) is 19.6 Å². The van der Waals surface area contributed by atoms with Crippen molar-refractivity contribution in [1.82, 2.24) is 0 Å². The third-order valence-electron chi connectivity index (χ3n) is 10.7. The molecule has 0 radical (unpaired) electrons. The van der Waals surface area contributed by atoms with Crippen molar-refractivity contribution in [2.45, 2.75) is 47.3 Å². The lowest BCUT2D eigenvalue weighted by molar-refractivity contribution is 0.412. The Hall–Kier alpha value is -7.50. The fourth-order valence-corrected chi connectivity index (χ4v) is 9.74. The van der Waals surface area contributed by atoms with E-state index in [1.54, 1.807) is 52.0 Å². The summed E-state index contributed by atoms with van der Waals surface area (Å²) < 4.78 is 142. The molecule has 7 rings (SSSR count). The lowest BCUT2D eigenvalue weighted by Crippen LogP contribution is -2.22. The molecule has 23 nitrogen and oxygen atoms in total. The minimum absolute atomic E-state index is 0.0404. The van der Waals surface area contributed by atoms with E-state index in [-0.39, 0.29) is 56.1 Å². The summed E-state index contributed by atoms with van der Waals surface area (Å²) in [5, 5.41) is 41.2. The van der Waals surface area contributed by atoms with Crippen molar-refractivity contribution in [2.24, 2.45) is 40.8 Å². The van der Waals surface area contributed by atoms with Crippen LogP contribution in [0.25, 0.3) is 16.8 Å². The van der Waals surface area contributed by atoms with Gasteiger partial charge in [0.2, 0.25) is 0 Å². The second-order valence-electron chi connectivity index (χ2n) is 15.6. The van der Waals surface area contributed by atoms with Crippen molar-refractivity contribution >= 4 is 109 Å². The highest BCUT2D eigenvalue weighted by Crippen LogP contribution is 2.43. The van der Waals surface area contributed by atoms with Crippen LogP contribution in [0.2, 0.25) is 0 Å². The Balaban J connectivity index is 1.13. The number of rotatable bonds is 13. The third kappa shape index (κ3) is 11.1. The van der Waals surface area contributed by atoms with Crippen molar-refractivity contribution in [1.29, 1.82) is 0 Å². The number of phenolic OH excluding ortho intramolecular Hbond substituents is 1. The number of phenols is 1. The molecule has 0 saturated heterocycles. The number of azo groups is 3. The van der Waals surface area contributed by atoms with Gasteiger partial charge in [-0.05, 0) is 134 Å². The molecule has 0 atom stereocenters. The van der Waals surface area contributed by atoms with E-state index in [0.29, 0.717) is 45.4 Å². The van der Waals surface area contributed by atoms with Gasteiger partial charge in [-0.15, -0.1) is 10.2 Å². The highest BCUT2D eigenvalue weighted by atomic mass is 32.2. The van der Waals surface area contributed by atoms with E-state index in [2.05, 4.69) is 46.2 Å². The molecule has 0 saturated carbocycles. The number of benzene rings is 6. The standard InChI is InChI=1S/C44H39N9O14S4/c1-22-14-36(23(2)13-35(22)49-47-33-11-8-28(67-6)19-40(33)70(61,62)63)50-51-37-15-25(4)38(16-24(37)3)52-53-43-41(71(64,65)66)18-26-17-27(7-9-30(26)44(43)54)46-48-34-12-10-31-32(42(34)45-5)20-29(68(55,56)57)21-39(31)69(58,59)60/h7-21,46,54H,1-6H3,(H,55,56,57)(H,58,59,60)(H,61,62,63)(H,64,65,66)/b45-42-,48-34-,49-47?,51-50?,53-52?. The van der Waals surface area contributed by atoms with Gasteiger partial charge >= 0.3 is 0 Å². The van der Waals surface area contributed by atoms with E-state index in [9.17, 15) is 57.0 Å². The summed E-state index contributed by atoms with van der Waals surface area (Å²) in [4.78, 5) is 1.21. The Morgan fingerprint density at radius 2 is 1.06 bits per heavy atom. The number of nitrogens with one attached hydrogen (secondary N) is 1. The maximum Gasteiger partial charge on any atom is 0.296 e. The average molecular weight is 1050 g/mol. The number of aliphatic imine (C=N–C) groups is 1. The van der Waals surface area contributed by atoms with Gasteiger partial charge in [0.1, 0.15) is 37.5 Å². The van der Waals surface area contributed by atoms with Crippen LogP contribution in [0.1, 0.15) is 33.4 Å². The summed E-state index contributed by atoms with van der Waals surface area (Å²) in [6, 6.07) is 17.4. The second kappa shape index (κ2) is 19.4. The first-order valence-electron chi connectivity index (χ1n) is 20.2. The number of ether oxygens (including phenoxy) is 1. The van der Waals surface area contributed by atoms with E-state index in [4.69, 9.17) is 4.74 Å². The predicted octanol–water partition coefficient (Wildman–Crippen LogP) is 9.93. The van der Waals surface area contributed by atoms with Crippen LogP contribution in [0.4, 0.5) is 39.8 Å². The van der Waals surface area contributed by atoms with E-state index in [0.717, 1.165) is 18.2 Å². The zero-order valence-corrected chi connectivity index (χ0v) is 41.0. The quantitative estimate of drug-likeness (QED) is 0.0356. The molecule has 6 aromatic rings. The zero-order chi connectivity index (χ0) is 52.0. The monoisotopic (exact) mass is 1050 g/mol. The van der Waals surface area contributed by atoms with Gasteiger partial charge in [0.05, 0.1) is 46.2 Å². The summed E-state index contributed by atoms with van der Waals surface area (Å²) in [5.41, 5.74) is 6.00. The maximum atomic E-state index is 12.7. The highest BCUT2D eigenvalue weighted by molar-refractivity contribution is 7.87. The maximum absolute atomic E-state index is 12.7. The number of hydrogen-bond donors (Lipinski definition) is 6. The lowest BCUT2D eigenvalue weighted by Gasteiger charge is -2.18. The largest absolute Gasteiger partial charge is 0.505 e. The van der Waals surface area contributed by atoms with E-state index in [1.165, 1.54) is 56.6 Å². The van der Waals surface area contributed by atoms with Gasteiger partial charge in [-0.2, -0.15) is 59.2 Å². The third-order valence-corrected chi connectivity index (χ3v) is 14.2. The first-order valence-corrected chi connectivity index (χ1v) is 26.0. The van der Waals surface area contributed by atoms with Gasteiger partial charge in [-0.25, -0.2) is 0 Å². The first kappa shape index (κ1) is 51.4. The van der Waals surface area contributed by atoms with Crippen molar-refractivity contribution in [3.8, 4) is 11.5 Å². The number of allylic oxidation sites excluding steroid dienone is 1. The number of methoxy groups -OCH3 is 1. The Bertz CT molecular complexity index is 3910. The van der Waals surface area contributed by atoms with Crippen LogP contribution in [0.3, 0.4) is 0 Å². The Kier molecular flexibility index (Phi) is 14.0. The van der Waals surface area contributed by atoms with Crippen LogP contribution in [0.5, 0.6) is 11.5 Å². The number of hydrazone groups is 1. The number of anilines is 1. The fraction of sp³-hybridized carbons (Fsp3) is 0.136. The van der Waals surface area contributed by atoms with Gasteiger partial charge in [-0.3, -0.25) is 28.6 Å². The SMILES string of the molecule is C/N=C1\C(=N/Nc2ccc3c(O)c(N=Nc4cc(C)c(N=Nc5cc(C)c(N=Nc6ccc(OC)cc6S(=O)(=O)O)cc5C)cc4C)c(S(=O)(=O)O)cc3c2)C=Cc2c1cc(S(=O)(=O)O)cc2S(=O)(=O)O. The van der Waals surface area contributed by atoms with Crippen LogP contribution >= 0.6 is 0 Å². The minimum Gasteiger partial charge on any atom is -0.505 e. The number of aryl methyl sites for hydroxylation is 4. The van der Waals surface area contributed by atoms with Crippen molar-refractivity contribution < 1.29 is 61.7 Å². The summed E-state index contributed by atoms with van der Waals surface area (Å²) in [6.07, 6.45) is 2.56. The number of hydrogen-bond acceptors (Lipinski definition) is 19. The molecule has 1 aliphatic rings. The molecule has 368 valence electrons. The Labute approximate surface area is 405 Å². The van der Waals surface area contributed by atoms with Crippen LogP contribution in [-0.2, 0) is 40.5 Å². The molecule has 27 heteroatoms. The zero-order valence-electron chi connectivity index (χ0n) is 37.8. The van der Waals surface area contributed by atoms with Gasteiger partial charge in [0.15, 0.2) is 5.75 Å². The molecule has 0 unspecified atom stereocenters. The first-order chi connectivity index (χ1) is 33.2. The summed E-state index contributed by atoms with van der Waals surface area (Å²) in [6.45, 7) is 6.91. The molecule has 71 heavy (non-hydrogen) atoms. The fourth-order valence-electron chi connectivity index (χ4n) is 7.11. The van der Waals surface area contributed by atoms with Crippen LogP contribution < -0.4 is 10.2 Å². The number of aromatic hydroxyl groups is 1. The molecule has 0 bridgehead atoms. The van der Waals surface area contributed by atoms with Gasteiger partial charge in [-0.1, -0.05) is 6.08 Å². The molecule has 0 aromatic heterocycles. The molecule has 0 heterocycles. The van der Waals surface area contributed by atoms with Crippen molar-refractivity contribution in [3.63, 3.8) is 0 Å². The van der Waals surface area contributed by atoms with Crippen LogP contribution in [-0.4, -0.2) is 82.6 Å².